The number of fused-ring (bicyclic) bond motifs is 1. The van der Waals surface area contributed by atoms with Crippen LogP contribution < -0.4 is 5.73 Å². The molecule has 4 rings (SSSR count). The highest BCUT2D eigenvalue weighted by Crippen LogP contribution is 2.35. The van der Waals surface area contributed by atoms with Crippen LogP contribution in [-0.2, 0) is 28.7 Å². The van der Waals surface area contributed by atoms with Crippen LogP contribution in [0.2, 0.25) is 0 Å². The largest absolute Gasteiger partial charge is 0.433 e. The zero-order valence-corrected chi connectivity index (χ0v) is 18.9. The van der Waals surface area contributed by atoms with E-state index in [4.69, 9.17) is 5.73 Å². The SMILES string of the molecule is C[C@@H]1CCC(=O)N(C[C@H](N)CC(=O)N2CCc3c(nc(-c4ccncc4)nc3C(F)(F)F)C2)C1. The van der Waals surface area contributed by atoms with Gasteiger partial charge in [0, 0.05) is 62.0 Å². The summed E-state index contributed by atoms with van der Waals surface area (Å²) in [5.74, 6) is 0.0923. The number of carbonyl (C=O) groups excluding carboxylic acids is 2. The van der Waals surface area contributed by atoms with Crippen molar-refractivity contribution in [1.29, 1.82) is 0 Å². The van der Waals surface area contributed by atoms with Crippen LogP contribution in [0.5, 0.6) is 0 Å². The highest BCUT2D eigenvalue weighted by Gasteiger charge is 2.39. The topological polar surface area (TPSA) is 105 Å². The van der Waals surface area contributed by atoms with E-state index in [0.717, 1.165) is 6.42 Å². The molecule has 0 bridgehead atoms. The van der Waals surface area contributed by atoms with Gasteiger partial charge in [-0.25, -0.2) is 9.97 Å². The van der Waals surface area contributed by atoms with E-state index in [-0.39, 0.29) is 61.4 Å². The Morgan fingerprint density at radius 1 is 1.24 bits per heavy atom. The normalized spacial score (nSPS) is 19.7. The predicted octanol–water partition coefficient (Wildman–Crippen LogP) is 2.42. The van der Waals surface area contributed by atoms with Crippen molar-refractivity contribution in [3.05, 3.63) is 41.5 Å². The molecule has 4 heterocycles. The maximum atomic E-state index is 13.7. The molecule has 1 saturated heterocycles. The summed E-state index contributed by atoms with van der Waals surface area (Å²) in [5.41, 5.74) is 5.82. The van der Waals surface area contributed by atoms with Crippen molar-refractivity contribution in [3.63, 3.8) is 0 Å². The fourth-order valence-corrected chi connectivity index (χ4v) is 4.48. The number of nitrogens with zero attached hydrogens (tertiary/aromatic N) is 5. The molecule has 0 radical (unpaired) electrons. The van der Waals surface area contributed by atoms with Gasteiger partial charge in [-0.05, 0) is 30.9 Å². The van der Waals surface area contributed by atoms with Gasteiger partial charge in [-0.15, -0.1) is 0 Å². The molecule has 1 fully saturated rings. The fraction of sp³-hybridized carbons (Fsp3) is 0.522. The van der Waals surface area contributed by atoms with Gasteiger partial charge in [-0.2, -0.15) is 13.2 Å². The van der Waals surface area contributed by atoms with E-state index in [1.165, 1.54) is 29.4 Å². The third-order valence-corrected chi connectivity index (χ3v) is 6.25. The molecule has 2 atom stereocenters. The van der Waals surface area contributed by atoms with E-state index in [9.17, 15) is 22.8 Å². The number of nitrogens with two attached hydrogens (primary N) is 1. The van der Waals surface area contributed by atoms with Gasteiger partial charge < -0.3 is 15.5 Å². The van der Waals surface area contributed by atoms with Crippen LogP contribution >= 0.6 is 0 Å². The zero-order chi connectivity index (χ0) is 24.5. The number of likely N-dealkylation sites (tertiary alicyclic amines) is 1. The monoisotopic (exact) mass is 476 g/mol. The van der Waals surface area contributed by atoms with Gasteiger partial charge in [0.05, 0.1) is 12.2 Å². The Hall–Kier alpha value is -3.08. The van der Waals surface area contributed by atoms with Crippen molar-refractivity contribution in [2.45, 2.75) is 51.4 Å². The van der Waals surface area contributed by atoms with E-state index in [1.54, 1.807) is 4.90 Å². The Morgan fingerprint density at radius 2 is 1.97 bits per heavy atom. The Labute approximate surface area is 195 Å². The lowest BCUT2D eigenvalue weighted by Crippen LogP contribution is -2.48. The summed E-state index contributed by atoms with van der Waals surface area (Å²) in [6, 6.07) is 2.52. The smallest absolute Gasteiger partial charge is 0.341 e. The van der Waals surface area contributed by atoms with Crippen LogP contribution in [-0.4, -0.2) is 62.2 Å². The van der Waals surface area contributed by atoms with Crippen LogP contribution in [0.4, 0.5) is 13.2 Å². The molecular formula is C23H27F3N6O2. The molecule has 2 aliphatic rings. The van der Waals surface area contributed by atoms with Gasteiger partial charge in [-0.1, -0.05) is 6.92 Å². The lowest BCUT2D eigenvalue weighted by Gasteiger charge is -2.34. The Morgan fingerprint density at radius 3 is 2.68 bits per heavy atom. The lowest BCUT2D eigenvalue weighted by molar-refractivity contribution is -0.142. The zero-order valence-electron chi connectivity index (χ0n) is 18.9. The fourth-order valence-electron chi connectivity index (χ4n) is 4.48. The van der Waals surface area contributed by atoms with Crippen LogP contribution in [0.25, 0.3) is 11.4 Å². The Balaban J connectivity index is 1.49. The van der Waals surface area contributed by atoms with E-state index < -0.39 is 17.9 Å². The molecule has 0 saturated carbocycles. The summed E-state index contributed by atoms with van der Waals surface area (Å²) in [7, 11) is 0. The van der Waals surface area contributed by atoms with Crippen molar-refractivity contribution < 1.29 is 22.8 Å². The highest BCUT2D eigenvalue weighted by atomic mass is 19.4. The Kier molecular flexibility index (Phi) is 6.83. The number of piperidine rings is 1. The van der Waals surface area contributed by atoms with E-state index >= 15 is 0 Å². The maximum absolute atomic E-state index is 13.7. The number of amides is 2. The third kappa shape index (κ3) is 5.35. The molecule has 11 heteroatoms. The first-order chi connectivity index (χ1) is 16.1. The van der Waals surface area contributed by atoms with Gasteiger partial charge in [0.25, 0.3) is 0 Å². The minimum atomic E-state index is -4.64. The average Bonchev–Trinajstić information content (AvgIpc) is 2.80. The second-order valence-electron chi connectivity index (χ2n) is 9.03. The second kappa shape index (κ2) is 9.65. The summed E-state index contributed by atoms with van der Waals surface area (Å²) >= 11 is 0. The van der Waals surface area contributed by atoms with Crippen LogP contribution in [0.1, 0.15) is 43.1 Å². The molecule has 182 valence electrons. The molecule has 2 aromatic rings. The number of hydrogen-bond donors (Lipinski definition) is 1. The Bertz CT molecular complexity index is 1060. The molecule has 2 aromatic heterocycles. The molecule has 2 aliphatic heterocycles. The van der Waals surface area contributed by atoms with E-state index in [1.807, 2.05) is 0 Å². The first-order valence-electron chi connectivity index (χ1n) is 11.3. The minimum absolute atomic E-state index is 0.00190. The van der Waals surface area contributed by atoms with Crippen molar-refractivity contribution in [2.75, 3.05) is 19.6 Å². The molecule has 0 aromatic carbocycles. The maximum Gasteiger partial charge on any atom is 0.433 e. The molecule has 0 aliphatic carbocycles. The van der Waals surface area contributed by atoms with Crippen LogP contribution in [0, 0.1) is 5.92 Å². The van der Waals surface area contributed by atoms with Gasteiger partial charge >= 0.3 is 6.18 Å². The molecule has 0 spiro atoms. The minimum Gasteiger partial charge on any atom is -0.341 e. The highest BCUT2D eigenvalue weighted by molar-refractivity contribution is 5.78. The van der Waals surface area contributed by atoms with Crippen molar-refractivity contribution >= 4 is 11.8 Å². The summed E-state index contributed by atoms with van der Waals surface area (Å²) in [6.45, 7) is 3.04. The molecule has 2 amide bonds. The van der Waals surface area contributed by atoms with Gasteiger partial charge in [0.15, 0.2) is 11.5 Å². The number of aromatic nitrogens is 3. The third-order valence-electron chi connectivity index (χ3n) is 6.25. The number of rotatable bonds is 5. The average molecular weight is 477 g/mol. The molecule has 34 heavy (non-hydrogen) atoms. The standard InChI is InChI=1S/C23H27F3N6O2/c1-14-2-3-19(33)32(11-14)12-16(27)10-20(34)31-9-6-17-18(13-31)29-22(15-4-7-28-8-5-15)30-21(17)23(24,25)26/h4-5,7-8,14,16H,2-3,6,9-13,27H2,1H3/t14-,16-/m1/s1. The summed E-state index contributed by atoms with van der Waals surface area (Å²) in [6.07, 6.45) is -0.397. The first-order valence-corrected chi connectivity index (χ1v) is 11.3. The number of carbonyl (C=O) groups is 2. The number of pyridine rings is 1. The summed E-state index contributed by atoms with van der Waals surface area (Å²) in [4.78, 5) is 40.3. The van der Waals surface area contributed by atoms with E-state index in [2.05, 4.69) is 21.9 Å². The van der Waals surface area contributed by atoms with Crippen LogP contribution in [0.15, 0.2) is 24.5 Å². The molecule has 8 nitrogen and oxygen atoms in total. The molecule has 0 unspecified atom stereocenters. The van der Waals surface area contributed by atoms with E-state index in [0.29, 0.717) is 24.4 Å². The number of hydrogen-bond acceptors (Lipinski definition) is 6. The number of alkyl halides is 3. The summed E-state index contributed by atoms with van der Waals surface area (Å²) < 4.78 is 41.2. The summed E-state index contributed by atoms with van der Waals surface area (Å²) in [5, 5.41) is 0. The van der Waals surface area contributed by atoms with Crippen molar-refractivity contribution in [1.82, 2.24) is 24.8 Å². The van der Waals surface area contributed by atoms with Crippen LogP contribution in [0.3, 0.4) is 0 Å². The lowest BCUT2D eigenvalue weighted by atomic mass is 9.98. The van der Waals surface area contributed by atoms with Crippen molar-refractivity contribution in [3.8, 4) is 11.4 Å². The second-order valence-corrected chi connectivity index (χ2v) is 9.03. The number of halogens is 3. The van der Waals surface area contributed by atoms with Gasteiger partial charge in [0.2, 0.25) is 11.8 Å². The first kappa shape index (κ1) is 24.1. The van der Waals surface area contributed by atoms with Gasteiger partial charge in [0.1, 0.15) is 0 Å². The quantitative estimate of drug-likeness (QED) is 0.711. The van der Waals surface area contributed by atoms with Crippen molar-refractivity contribution in [2.24, 2.45) is 11.7 Å². The predicted molar refractivity (Wildman–Crippen MR) is 117 cm³/mol. The molecule has 2 N–H and O–H groups in total. The van der Waals surface area contributed by atoms with Gasteiger partial charge in [-0.3, -0.25) is 14.6 Å². The molecular weight excluding hydrogens is 449 g/mol.